The second kappa shape index (κ2) is 7.28. The van der Waals surface area contributed by atoms with Gasteiger partial charge in [0.15, 0.2) is 0 Å². The van der Waals surface area contributed by atoms with Crippen molar-refractivity contribution < 1.29 is 14.6 Å². The normalized spacial score (nSPS) is 28.4. The van der Waals surface area contributed by atoms with Crippen molar-refractivity contribution >= 4 is 0 Å². The molecule has 5 heteroatoms. The SMILES string of the molecule is OCCN1CCN(CCC2COCCO2)CC1. The van der Waals surface area contributed by atoms with Crippen LogP contribution in [0.1, 0.15) is 6.42 Å². The summed E-state index contributed by atoms with van der Waals surface area (Å²) >= 11 is 0. The fourth-order valence-electron chi connectivity index (χ4n) is 2.41. The summed E-state index contributed by atoms with van der Waals surface area (Å²) in [6.07, 6.45) is 1.36. The molecule has 0 saturated carbocycles. The smallest absolute Gasteiger partial charge is 0.0821 e. The molecule has 2 rings (SSSR count). The summed E-state index contributed by atoms with van der Waals surface area (Å²) in [5.74, 6) is 0. The molecule has 0 aromatic heterocycles. The van der Waals surface area contributed by atoms with Gasteiger partial charge in [0.2, 0.25) is 0 Å². The molecule has 0 spiro atoms. The maximum atomic E-state index is 8.87. The monoisotopic (exact) mass is 244 g/mol. The standard InChI is InChI=1S/C12H24N2O3/c15-8-7-14-5-3-13(4-6-14)2-1-12-11-16-9-10-17-12/h12,15H,1-11H2. The van der Waals surface area contributed by atoms with Gasteiger partial charge in [-0.25, -0.2) is 0 Å². The van der Waals surface area contributed by atoms with E-state index in [0.29, 0.717) is 6.10 Å². The minimum Gasteiger partial charge on any atom is -0.395 e. The van der Waals surface area contributed by atoms with Gasteiger partial charge in [0.1, 0.15) is 0 Å². The Balaban J connectivity index is 1.57. The van der Waals surface area contributed by atoms with Crippen LogP contribution < -0.4 is 0 Å². The van der Waals surface area contributed by atoms with Gasteiger partial charge >= 0.3 is 0 Å². The Morgan fingerprint density at radius 3 is 2.29 bits per heavy atom. The highest BCUT2D eigenvalue weighted by Crippen LogP contribution is 2.08. The third-order valence-corrected chi connectivity index (χ3v) is 3.53. The summed E-state index contributed by atoms with van der Waals surface area (Å²) in [6.45, 7) is 8.78. The molecule has 1 N–H and O–H groups in total. The molecule has 1 atom stereocenters. The molecule has 2 aliphatic rings. The largest absolute Gasteiger partial charge is 0.395 e. The molecule has 0 aromatic rings. The first-order valence-corrected chi connectivity index (χ1v) is 6.63. The van der Waals surface area contributed by atoms with Crippen LogP contribution in [-0.4, -0.2) is 86.7 Å². The van der Waals surface area contributed by atoms with Crippen molar-refractivity contribution in [3.05, 3.63) is 0 Å². The van der Waals surface area contributed by atoms with E-state index >= 15 is 0 Å². The number of rotatable bonds is 5. The van der Waals surface area contributed by atoms with E-state index < -0.39 is 0 Å². The first-order chi connectivity index (χ1) is 8.38. The summed E-state index contributed by atoms with van der Waals surface area (Å²) in [5, 5.41) is 8.87. The Bertz CT molecular complexity index is 202. The van der Waals surface area contributed by atoms with Crippen molar-refractivity contribution in [3.8, 4) is 0 Å². The molecule has 5 nitrogen and oxygen atoms in total. The first kappa shape index (κ1) is 13.2. The van der Waals surface area contributed by atoms with Crippen molar-refractivity contribution in [1.29, 1.82) is 0 Å². The van der Waals surface area contributed by atoms with Crippen LogP contribution in [0.15, 0.2) is 0 Å². The summed E-state index contributed by atoms with van der Waals surface area (Å²) < 4.78 is 11.0. The number of β-amino-alcohol motifs (C(OH)–C–C–N with tert-alkyl or cyclic N) is 1. The van der Waals surface area contributed by atoms with Crippen molar-refractivity contribution in [2.45, 2.75) is 12.5 Å². The van der Waals surface area contributed by atoms with E-state index in [2.05, 4.69) is 9.80 Å². The molecule has 100 valence electrons. The van der Waals surface area contributed by atoms with Crippen LogP contribution in [0.4, 0.5) is 0 Å². The lowest BCUT2D eigenvalue weighted by molar-refractivity contribution is -0.0933. The molecule has 0 bridgehead atoms. The lowest BCUT2D eigenvalue weighted by Crippen LogP contribution is -2.48. The Kier molecular flexibility index (Phi) is 5.67. The van der Waals surface area contributed by atoms with Gasteiger partial charge in [0.05, 0.1) is 32.5 Å². The van der Waals surface area contributed by atoms with E-state index in [1.807, 2.05) is 0 Å². The molecule has 2 aliphatic heterocycles. The van der Waals surface area contributed by atoms with Crippen molar-refractivity contribution in [2.24, 2.45) is 0 Å². The van der Waals surface area contributed by atoms with Crippen LogP contribution in [0.5, 0.6) is 0 Å². The van der Waals surface area contributed by atoms with Crippen LogP contribution in [-0.2, 0) is 9.47 Å². The Hall–Kier alpha value is -0.200. The fraction of sp³-hybridized carbons (Fsp3) is 1.00. The van der Waals surface area contributed by atoms with Crippen molar-refractivity contribution in [2.75, 3.05) is 65.7 Å². The topological polar surface area (TPSA) is 45.2 Å². The van der Waals surface area contributed by atoms with Crippen LogP contribution in [0.2, 0.25) is 0 Å². The molecule has 2 heterocycles. The zero-order valence-corrected chi connectivity index (χ0v) is 10.5. The summed E-state index contributed by atoms with van der Waals surface area (Å²) in [5.41, 5.74) is 0. The second-order valence-corrected chi connectivity index (χ2v) is 4.76. The van der Waals surface area contributed by atoms with Crippen LogP contribution in [0, 0.1) is 0 Å². The van der Waals surface area contributed by atoms with Gasteiger partial charge < -0.3 is 19.5 Å². The molecule has 0 aliphatic carbocycles. The molecule has 0 aromatic carbocycles. The maximum Gasteiger partial charge on any atom is 0.0821 e. The molecular weight excluding hydrogens is 220 g/mol. The molecule has 0 radical (unpaired) electrons. The molecule has 0 amide bonds. The molecular formula is C12H24N2O3. The maximum absolute atomic E-state index is 8.87. The van der Waals surface area contributed by atoms with Gasteiger partial charge in [-0.3, -0.25) is 4.90 Å². The zero-order chi connectivity index (χ0) is 11.9. The van der Waals surface area contributed by atoms with Gasteiger partial charge in [0, 0.05) is 39.3 Å². The van der Waals surface area contributed by atoms with E-state index in [9.17, 15) is 0 Å². The third kappa shape index (κ3) is 4.52. The zero-order valence-electron chi connectivity index (χ0n) is 10.5. The first-order valence-electron chi connectivity index (χ1n) is 6.63. The number of hydrogen-bond donors (Lipinski definition) is 1. The highest BCUT2D eigenvalue weighted by Gasteiger charge is 2.19. The number of nitrogens with zero attached hydrogens (tertiary/aromatic N) is 2. The van der Waals surface area contributed by atoms with Gasteiger partial charge in [-0.15, -0.1) is 0 Å². The van der Waals surface area contributed by atoms with E-state index in [0.717, 1.165) is 65.5 Å². The predicted octanol–water partition coefficient (Wildman–Crippen LogP) is -0.598. The fourth-order valence-corrected chi connectivity index (χ4v) is 2.41. The van der Waals surface area contributed by atoms with Crippen LogP contribution in [0.25, 0.3) is 0 Å². The Labute approximate surface area is 103 Å². The number of piperazine rings is 1. The van der Waals surface area contributed by atoms with Gasteiger partial charge in [-0.1, -0.05) is 0 Å². The number of ether oxygens (including phenoxy) is 2. The highest BCUT2D eigenvalue weighted by atomic mass is 16.6. The molecule has 17 heavy (non-hydrogen) atoms. The predicted molar refractivity (Wildman–Crippen MR) is 65.1 cm³/mol. The Morgan fingerprint density at radius 2 is 1.71 bits per heavy atom. The van der Waals surface area contributed by atoms with Gasteiger partial charge in [-0.05, 0) is 6.42 Å². The van der Waals surface area contributed by atoms with E-state index in [4.69, 9.17) is 14.6 Å². The number of aliphatic hydroxyl groups excluding tert-OH is 1. The highest BCUT2D eigenvalue weighted by molar-refractivity contribution is 4.73. The van der Waals surface area contributed by atoms with Crippen molar-refractivity contribution in [1.82, 2.24) is 9.80 Å². The van der Waals surface area contributed by atoms with E-state index in [-0.39, 0.29) is 6.61 Å². The number of hydrogen-bond acceptors (Lipinski definition) is 5. The van der Waals surface area contributed by atoms with E-state index in [1.54, 1.807) is 0 Å². The quantitative estimate of drug-likeness (QED) is 0.700. The van der Waals surface area contributed by atoms with Crippen LogP contribution in [0.3, 0.4) is 0 Å². The lowest BCUT2D eigenvalue weighted by atomic mass is 10.2. The van der Waals surface area contributed by atoms with Crippen molar-refractivity contribution in [3.63, 3.8) is 0 Å². The lowest BCUT2D eigenvalue weighted by Gasteiger charge is -2.35. The molecule has 1 unspecified atom stereocenters. The number of aliphatic hydroxyl groups is 1. The minimum absolute atomic E-state index is 0.271. The Morgan fingerprint density at radius 1 is 1.00 bits per heavy atom. The average Bonchev–Trinajstić information content (AvgIpc) is 2.40. The summed E-state index contributed by atoms with van der Waals surface area (Å²) in [7, 11) is 0. The molecule has 2 saturated heterocycles. The minimum atomic E-state index is 0.271. The third-order valence-electron chi connectivity index (χ3n) is 3.53. The van der Waals surface area contributed by atoms with Gasteiger partial charge in [-0.2, -0.15) is 0 Å². The van der Waals surface area contributed by atoms with Crippen LogP contribution >= 0.6 is 0 Å². The summed E-state index contributed by atoms with van der Waals surface area (Å²) in [6, 6.07) is 0. The summed E-state index contributed by atoms with van der Waals surface area (Å²) in [4.78, 5) is 4.79. The second-order valence-electron chi connectivity index (χ2n) is 4.76. The average molecular weight is 244 g/mol. The van der Waals surface area contributed by atoms with E-state index in [1.165, 1.54) is 0 Å². The van der Waals surface area contributed by atoms with Gasteiger partial charge in [0.25, 0.3) is 0 Å². The molecule has 2 fully saturated rings.